The van der Waals surface area contributed by atoms with Crippen LogP contribution in [-0.4, -0.2) is 20.7 Å². The molecule has 1 aromatic carbocycles. The van der Waals surface area contributed by atoms with Gasteiger partial charge in [0.2, 0.25) is 0 Å². The average molecular weight is 363 g/mol. The van der Waals surface area contributed by atoms with Crippen molar-refractivity contribution in [3.05, 3.63) is 70.6 Å². The van der Waals surface area contributed by atoms with Crippen molar-refractivity contribution in [1.29, 1.82) is 0 Å². The number of aromatic nitrogens is 3. The molecule has 2 aromatic heterocycles. The van der Waals surface area contributed by atoms with E-state index in [1.165, 1.54) is 10.9 Å². The van der Waals surface area contributed by atoms with Gasteiger partial charge in [0.1, 0.15) is 11.6 Å². The zero-order valence-corrected chi connectivity index (χ0v) is 13.8. The number of halogens is 2. The molecule has 1 amide bonds. The monoisotopic (exact) mass is 362 g/mol. The Morgan fingerprint density at radius 3 is 2.75 bits per heavy atom. The number of hydrogen-bond donors (Lipinski definition) is 1. The van der Waals surface area contributed by atoms with Gasteiger partial charge in [0.25, 0.3) is 5.91 Å². The number of benzene rings is 1. The highest BCUT2D eigenvalue weighted by atomic mass is 35.5. The number of hydrogen-bond acceptors (Lipinski definition) is 4. The molecule has 0 spiro atoms. The van der Waals surface area contributed by atoms with E-state index in [-0.39, 0.29) is 18.3 Å². The van der Waals surface area contributed by atoms with Gasteiger partial charge in [0.15, 0.2) is 12.4 Å². The zero-order valence-electron chi connectivity index (χ0n) is 12.3. The maximum Gasteiger partial charge on any atom is 0.277 e. The van der Waals surface area contributed by atoms with Gasteiger partial charge < -0.3 is 10.1 Å². The molecule has 8 heteroatoms. The van der Waals surface area contributed by atoms with E-state index in [0.29, 0.717) is 21.6 Å². The fourth-order valence-electron chi connectivity index (χ4n) is 1.88. The van der Waals surface area contributed by atoms with E-state index < -0.39 is 0 Å². The lowest BCUT2D eigenvalue weighted by Gasteiger charge is -2.07. The molecule has 6 nitrogen and oxygen atoms in total. The number of para-hydroxylation sites is 1. The number of carbonyl (C=O) groups excluding carboxylic acids is 1. The molecule has 0 aliphatic heterocycles. The summed E-state index contributed by atoms with van der Waals surface area (Å²) in [6, 6.07) is 12.0. The van der Waals surface area contributed by atoms with Crippen LogP contribution in [0.1, 0.15) is 10.5 Å². The molecular weight excluding hydrogens is 351 g/mol. The van der Waals surface area contributed by atoms with Gasteiger partial charge in [0.05, 0.1) is 10.0 Å². The largest absolute Gasteiger partial charge is 0.470 e. The van der Waals surface area contributed by atoms with E-state index in [0.717, 1.165) is 0 Å². The van der Waals surface area contributed by atoms with Crippen LogP contribution < -0.4 is 10.1 Å². The van der Waals surface area contributed by atoms with Gasteiger partial charge in [-0.15, -0.1) is 0 Å². The first-order valence-electron chi connectivity index (χ1n) is 6.95. The Hall–Kier alpha value is -2.57. The average Bonchev–Trinajstić information content (AvgIpc) is 3.05. The van der Waals surface area contributed by atoms with E-state index in [2.05, 4.69) is 15.4 Å². The lowest BCUT2D eigenvalue weighted by molar-refractivity contribution is 0.102. The minimum Gasteiger partial charge on any atom is -0.470 e. The molecule has 0 unspecified atom stereocenters. The van der Waals surface area contributed by atoms with E-state index in [1.54, 1.807) is 36.5 Å². The molecule has 1 N–H and O–H groups in total. The normalized spacial score (nSPS) is 10.4. The second-order valence-electron chi connectivity index (χ2n) is 4.76. The van der Waals surface area contributed by atoms with Crippen LogP contribution in [0.25, 0.3) is 0 Å². The van der Waals surface area contributed by atoms with Crippen molar-refractivity contribution < 1.29 is 9.53 Å². The fraction of sp³-hybridized carbons (Fsp3) is 0.0625. The zero-order chi connectivity index (χ0) is 16.9. The van der Waals surface area contributed by atoms with E-state index in [9.17, 15) is 4.79 Å². The molecule has 3 aromatic rings. The summed E-state index contributed by atoms with van der Waals surface area (Å²) < 4.78 is 7.05. The highest BCUT2D eigenvalue weighted by Gasteiger charge is 2.11. The lowest BCUT2D eigenvalue weighted by atomic mass is 10.3. The summed E-state index contributed by atoms with van der Waals surface area (Å²) >= 11 is 11.8. The smallest absolute Gasteiger partial charge is 0.277 e. The summed E-state index contributed by atoms with van der Waals surface area (Å²) in [6.45, 7) is 0.135. The second-order valence-corrected chi connectivity index (χ2v) is 5.60. The third kappa shape index (κ3) is 4.04. The highest BCUT2D eigenvalue weighted by molar-refractivity contribution is 6.32. The first-order valence-corrected chi connectivity index (χ1v) is 7.71. The van der Waals surface area contributed by atoms with Gasteiger partial charge in [-0.2, -0.15) is 5.10 Å². The minimum atomic E-state index is -0.374. The van der Waals surface area contributed by atoms with Crippen molar-refractivity contribution in [2.45, 2.75) is 6.73 Å². The van der Waals surface area contributed by atoms with Crippen LogP contribution in [0.15, 0.2) is 54.9 Å². The standard InChI is InChI=1S/C16H12Cl2N4O2/c17-11-5-6-15(19-9-11)20-16(23)13-7-8-22(21-13)10-24-14-4-2-1-3-12(14)18/h1-9H,10H2,(H,19,20,23). The number of ether oxygens (including phenoxy) is 1. The van der Waals surface area contributed by atoms with Crippen molar-refractivity contribution in [3.63, 3.8) is 0 Å². The van der Waals surface area contributed by atoms with Gasteiger partial charge in [-0.25, -0.2) is 9.67 Å². The second kappa shape index (κ2) is 7.33. The predicted octanol–water partition coefficient (Wildman–Crippen LogP) is 3.87. The number of amides is 1. The van der Waals surface area contributed by atoms with E-state index in [1.807, 2.05) is 12.1 Å². The number of rotatable bonds is 5. The van der Waals surface area contributed by atoms with Crippen molar-refractivity contribution in [2.75, 3.05) is 5.32 Å². The molecule has 2 heterocycles. The van der Waals surface area contributed by atoms with Crippen LogP contribution in [0.5, 0.6) is 5.75 Å². The third-order valence-electron chi connectivity index (χ3n) is 3.03. The van der Waals surface area contributed by atoms with Crippen LogP contribution in [0, 0.1) is 0 Å². The predicted molar refractivity (Wildman–Crippen MR) is 91.5 cm³/mol. The van der Waals surface area contributed by atoms with Gasteiger partial charge in [-0.1, -0.05) is 35.3 Å². The summed E-state index contributed by atoms with van der Waals surface area (Å²) in [5.74, 6) is 0.568. The lowest BCUT2D eigenvalue weighted by Crippen LogP contribution is -2.15. The molecule has 0 aliphatic rings. The molecule has 122 valence electrons. The van der Waals surface area contributed by atoms with Crippen molar-refractivity contribution in [1.82, 2.24) is 14.8 Å². The van der Waals surface area contributed by atoms with Crippen LogP contribution >= 0.6 is 23.2 Å². The Bertz CT molecular complexity index is 849. The number of pyridine rings is 1. The number of carbonyl (C=O) groups is 1. The maximum absolute atomic E-state index is 12.1. The Kier molecular flexibility index (Phi) is 4.98. The molecule has 0 saturated heterocycles. The van der Waals surface area contributed by atoms with Gasteiger partial charge in [-0.3, -0.25) is 4.79 Å². The van der Waals surface area contributed by atoms with Crippen LogP contribution in [0.3, 0.4) is 0 Å². The first-order chi connectivity index (χ1) is 11.6. The molecule has 0 aliphatic carbocycles. The molecule has 0 fully saturated rings. The quantitative estimate of drug-likeness (QED) is 0.747. The summed E-state index contributed by atoms with van der Waals surface area (Å²) in [4.78, 5) is 16.1. The maximum atomic E-state index is 12.1. The van der Waals surface area contributed by atoms with Crippen LogP contribution in [0.2, 0.25) is 10.0 Å². The Balaban J connectivity index is 1.61. The molecule has 3 rings (SSSR count). The number of anilines is 1. The van der Waals surface area contributed by atoms with Gasteiger partial charge in [0, 0.05) is 12.4 Å². The number of nitrogens with zero attached hydrogens (tertiary/aromatic N) is 3. The summed E-state index contributed by atoms with van der Waals surface area (Å²) in [5, 5.41) is 7.79. The summed E-state index contributed by atoms with van der Waals surface area (Å²) in [5.41, 5.74) is 0.245. The SMILES string of the molecule is O=C(Nc1ccc(Cl)cn1)c1ccn(COc2ccccc2Cl)n1. The summed E-state index contributed by atoms with van der Waals surface area (Å²) in [7, 11) is 0. The molecule has 0 saturated carbocycles. The topological polar surface area (TPSA) is 69.0 Å². The Labute approximate surface area is 148 Å². The van der Waals surface area contributed by atoms with Gasteiger partial charge >= 0.3 is 0 Å². The summed E-state index contributed by atoms with van der Waals surface area (Å²) in [6.07, 6.45) is 3.09. The molecule has 0 atom stereocenters. The van der Waals surface area contributed by atoms with Crippen LogP contribution in [-0.2, 0) is 6.73 Å². The molecular formula is C16H12Cl2N4O2. The Morgan fingerprint density at radius 2 is 2.00 bits per heavy atom. The van der Waals surface area contributed by atoms with Crippen molar-refractivity contribution >= 4 is 34.9 Å². The van der Waals surface area contributed by atoms with Crippen LogP contribution in [0.4, 0.5) is 5.82 Å². The van der Waals surface area contributed by atoms with E-state index >= 15 is 0 Å². The minimum absolute atomic E-state index is 0.135. The molecule has 24 heavy (non-hydrogen) atoms. The van der Waals surface area contributed by atoms with Crippen molar-refractivity contribution in [3.8, 4) is 5.75 Å². The molecule has 0 radical (unpaired) electrons. The fourth-order valence-corrected chi connectivity index (χ4v) is 2.18. The third-order valence-corrected chi connectivity index (χ3v) is 3.57. The van der Waals surface area contributed by atoms with Crippen molar-refractivity contribution in [2.24, 2.45) is 0 Å². The first kappa shape index (κ1) is 16.3. The highest BCUT2D eigenvalue weighted by Crippen LogP contribution is 2.23. The van der Waals surface area contributed by atoms with Gasteiger partial charge in [-0.05, 0) is 30.3 Å². The Morgan fingerprint density at radius 1 is 1.17 bits per heavy atom. The molecule has 0 bridgehead atoms. The van der Waals surface area contributed by atoms with E-state index in [4.69, 9.17) is 27.9 Å². The number of nitrogens with one attached hydrogen (secondary N) is 1.